The van der Waals surface area contributed by atoms with E-state index in [1.165, 1.54) is 12.1 Å². The molecule has 0 aliphatic carbocycles. The van der Waals surface area contributed by atoms with Crippen LogP contribution in [0.5, 0.6) is 0 Å². The molecular weight excluding hydrogens is 215 g/mol. The highest BCUT2D eigenvalue weighted by Gasteiger charge is 2.26. The molecule has 0 bridgehead atoms. The van der Waals surface area contributed by atoms with Crippen LogP contribution in [-0.4, -0.2) is 12.7 Å². The fraction of sp³-hybridized carbons (Fsp3) is 0.467. The first kappa shape index (κ1) is 12.3. The lowest BCUT2D eigenvalue weighted by molar-refractivity contribution is -0.00951. The Hall–Kier alpha value is -1.15. The van der Waals surface area contributed by atoms with Gasteiger partial charge in [0.15, 0.2) is 0 Å². The first-order chi connectivity index (χ1) is 8.05. The largest absolute Gasteiger partial charge is 0.374 e. The molecule has 1 nitrogen and oxygen atoms in total. The molecule has 92 valence electrons. The van der Waals surface area contributed by atoms with E-state index < -0.39 is 0 Å². The van der Waals surface area contributed by atoms with Crippen LogP contribution in [0.1, 0.15) is 32.3 Å². The topological polar surface area (TPSA) is 9.23 Å². The Kier molecular flexibility index (Phi) is 3.63. The van der Waals surface area contributed by atoms with Gasteiger partial charge in [-0.2, -0.15) is 0 Å². The van der Waals surface area contributed by atoms with Gasteiger partial charge < -0.3 is 4.74 Å². The lowest BCUT2D eigenvalue weighted by Gasteiger charge is -2.33. The summed E-state index contributed by atoms with van der Waals surface area (Å²) in [5.74, 6) is -0.197. The first-order valence-electron chi connectivity index (χ1n) is 6.11. The van der Waals surface area contributed by atoms with E-state index in [1.54, 1.807) is 6.07 Å². The molecule has 1 unspecified atom stereocenters. The summed E-state index contributed by atoms with van der Waals surface area (Å²) < 4.78 is 18.7. The van der Waals surface area contributed by atoms with E-state index in [2.05, 4.69) is 13.8 Å². The van der Waals surface area contributed by atoms with Gasteiger partial charge in [-0.25, -0.2) is 4.39 Å². The molecule has 2 rings (SSSR count). The third-order valence-electron chi connectivity index (χ3n) is 3.22. The Balaban J connectivity index is 2.01. The summed E-state index contributed by atoms with van der Waals surface area (Å²) in [6.07, 6.45) is 6.27. The maximum Gasteiger partial charge on any atom is 0.123 e. The van der Waals surface area contributed by atoms with E-state index in [-0.39, 0.29) is 11.9 Å². The van der Waals surface area contributed by atoms with Crippen molar-refractivity contribution in [1.82, 2.24) is 0 Å². The van der Waals surface area contributed by atoms with Crippen LogP contribution in [-0.2, 0) is 4.74 Å². The van der Waals surface area contributed by atoms with Crippen molar-refractivity contribution in [3.05, 3.63) is 41.7 Å². The van der Waals surface area contributed by atoms with Crippen LogP contribution in [0.2, 0.25) is 0 Å². The minimum absolute atomic E-state index is 0.155. The van der Waals surface area contributed by atoms with E-state index in [0.29, 0.717) is 5.41 Å². The van der Waals surface area contributed by atoms with Gasteiger partial charge in [-0.05, 0) is 36.0 Å². The van der Waals surface area contributed by atoms with Crippen LogP contribution in [0, 0.1) is 11.2 Å². The summed E-state index contributed by atoms with van der Waals surface area (Å²) in [6, 6.07) is 6.61. The highest BCUT2D eigenvalue weighted by atomic mass is 19.1. The Morgan fingerprint density at radius 1 is 1.41 bits per heavy atom. The minimum Gasteiger partial charge on any atom is -0.374 e. The number of benzene rings is 1. The molecule has 1 heterocycles. The van der Waals surface area contributed by atoms with Gasteiger partial charge in [0.2, 0.25) is 0 Å². The van der Waals surface area contributed by atoms with Crippen LogP contribution in [0.3, 0.4) is 0 Å². The molecule has 1 aromatic rings. The van der Waals surface area contributed by atoms with Gasteiger partial charge in [0.05, 0.1) is 6.10 Å². The second-order valence-electron chi connectivity index (χ2n) is 5.44. The number of halogens is 1. The molecule has 0 aromatic heterocycles. The summed E-state index contributed by atoms with van der Waals surface area (Å²) in [6.45, 7) is 5.34. The Bertz CT molecular complexity index is 409. The van der Waals surface area contributed by atoms with E-state index >= 15 is 0 Å². The molecule has 0 saturated carbocycles. The van der Waals surface area contributed by atoms with Crippen molar-refractivity contribution in [2.24, 2.45) is 5.41 Å². The fourth-order valence-electron chi connectivity index (χ4n) is 2.14. The van der Waals surface area contributed by atoms with Gasteiger partial charge in [-0.3, -0.25) is 0 Å². The first-order valence-corrected chi connectivity index (χ1v) is 6.11. The van der Waals surface area contributed by atoms with E-state index in [0.717, 1.165) is 25.0 Å². The number of hydrogen-bond acceptors (Lipinski definition) is 1. The van der Waals surface area contributed by atoms with Crippen molar-refractivity contribution in [2.75, 3.05) is 6.61 Å². The van der Waals surface area contributed by atoms with E-state index in [9.17, 15) is 4.39 Å². The predicted molar refractivity (Wildman–Crippen MR) is 68.2 cm³/mol. The zero-order valence-corrected chi connectivity index (χ0v) is 10.4. The summed E-state index contributed by atoms with van der Waals surface area (Å²) in [5, 5.41) is 0. The molecule has 0 radical (unpaired) electrons. The molecule has 1 fully saturated rings. The quantitative estimate of drug-likeness (QED) is 0.750. The van der Waals surface area contributed by atoms with Crippen LogP contribution < -0.4 is 0 Å². The highest BCUT2D eigenvalue weighted by molar-refractivity contribution is 5.49. The van der Waals surface area contributed by atoms with Gasteiger partial charge in [-0.1, -0.05) is 38.1 Å². The molecule has 17 heavy (non-hydrogen) atoms. The van der Waals surface area contributed by atoms with Crippen molar-refractivity contribution in [2.45, 2.75) is 32.8 Å². The van der Waals surface area contributed by atoms with Gasteiger partial charge in [0, 0.05) is 6.61 Å². The van der Waals surface area contributed by atoms with E-state index in [4.69, 9.17) is 4.74 Å². The zero-order chi connectivity index (χ0) is 12.3. The average molecular weight is 234 g/mol. The molecular formula is C15H19FO. The molecule has 1 saturated heterocycles. The second kappa shape index (κ2) is 5.01. The Labute approximate surface area is 102 Å². The van der Waals surface area contributed by atoms with Crippen LogP contribution >= 0.6 is 0 Å². The lowest BCUT2D eigenvalue weighted by atomic mass is 9.82. The predicted octanol–water partition coefficient (Wildman–Crippen LogP) is 4.04. The van der Waals surface area contributed by atoms with Crippen molar-refractivity contribution >= 4 is 6.08 Å². The highest BCUT2D eigenvalue weighted by Crippen LogP contribution is 2.32. The van der Waals surface area contributed by atoms with Crippen LogP contribution in [0.25, 0.3) is 6.08 Å². The van der Waals surface area contributed by atoms with Gasteiger partial charge >= 0.3 is 0 Å². The molecule has 1 aliphatic heterocycles. The maximum atomic E-state index is 13.0. The molecule has 0 N–H and O–H groups in total. The van der Waals surface area contributed by atoms with Gasteiger partial charge in [0.25, 0.3) is 0 Å². The number of rotatable bonds is 2. The number of hydrogen-bond donors (Lipinski definition) is 0. The summed E-state index contributed by atoms with van der Waals surface area (Å²) >= 11 is 0. The lowest BCUT2D eigenvalue weighted by Crippen LogP contribution is -2.29. The Morgan fingerprint density at radius 3 is 2.94 bits per heavy atom. The zero-order valence-electron chi connectivity index (χ0n) is 10.4. The van der Waals surface area contributed by atoms with Crippen LogP contribution in [0.15, 0.2) is 30.3 Å². The third kappa shape index (κ3) is 3.67. The SMILES string of the molecule is CC1(C)CCOC(/C=C/c2cccc(F)c2)C1. The molecule has 1 atom stereocenters. The summed E-state index contributed by atoms with van der Waals surface area (Å²) in [5.41, 5.74) is 1.23. The van der Waals surface area contributed by atoms with Crippen molar-refractivity contribution in [3.63, 3.8) is 0 Å². The summed E-state index contributed by atoms with van der Waals surface area (Å²) in [4.78, 5) is 0. The normalized spacial score (nSPS) is 24.1. The van der Waals surface area contributed by atoms with Crippen molar-refractivity contribution < 1.29 is 9.13 Å². The number of ether oxygens (including phenoxy) is 1. The molecule has 0 spiro atoms. The second-order valence-corrected chi connectivity index (χ2v) is 5.44. The molecule has 0 amide bonds. The molecule has 2 heteroatoms. The van der Waals surface area contributed by atoms with Crippen molar-refractivity contribution in [3.8, 4) is 0 Å². The molecule has 1 aliphatic rings. The summed E-state index contributed by atoms with van der Waals surface area (Å²) in [7, 11) is 0. The van der Waals surface area contributed by atoms with E-state index in [1.807, 2.05) is 18.2 Å². The average Bonchev–Trinajstić information content (AvgIpc) is 2.25. The third-order valence-corrected chi connectivity index (χ3v) is 3.22. The fourth-order valence-corrected chi connectivity index (χ4v) is 2.14. The van der Waals surface area contributed by atoms with Gasteiger partial charge in [-0.15, -0.1) is 0 Å². The minimum atomic E-state index is -0.197. The van der Waals surface area contributed by atoms with Crippen molar-refractivity contribution in [1.29, 1.82) is 0 Å². The maximum absolute atomic E-state index is 13.0. The smallest absolute Gasteiger partial charge is 0.123 e. The van der Waals surface area contributed by atoms with Gasteiger partial charge in [0.1, 0.15) is 5.82 Å². The monoisotopic (exact) mass is 234 g/mol. The standard InChI is InChI=1S/C15H19FO/c1-15(2)8-9-17-14(11-15)7-6-12-4-3-5-13(16)10-12/h3-7,10,14H,8-9,11H2,1-2H3/b7-6+. The van der Waals surface area contributed by atoms with Crippen LogP contribution in [0.4, 0.5) is 4.39 Å². The molecule has 1 aromatic carbocycles. The Morgan fingerprint density at radius 2 is 2.24 bits per heavy atom.